The van der Waals surface area contributed by atoms with Gasteiger partial charge in [-0.1, -0.05) is 30.3 Å². The average Bonchev–Trinajstić information content (AvgIpc) is 2.97. The number of nitrogens with one attached hydrogen (secondary N) is 3. The van der Waals surface area contributed by atoms with E-state index in [9.17, 15) is 4.79 Å². The summed E-state index contributed by atoms with van der Waals surface area (Å²) >= 11 is 5.08. The summed E-state index contributed by atoms with van der Waals surface area (Å²) in [5.74, 6) is -0.127. The fraction of sp³-hybridized carbons (Fsp3) is 0.429. The van der Waals surface area contributed by atoms with Gasteiger partial charge in [-0.25, -0.2) is 0 Å². The summed E-state index contributed by atoms with van der Waals surface area (Å²) in [5, 5.41) is 3.43. The topological polar surface area (TPSA) is 62.4 Å². The third kappa shape index (κ3) is 5.14. The summed E-state index contributed by atoms with van der Waals surface area (Å²) in [7, 11) is 0. The molecule has 0 aromatic heterocycles. The maximum absolute atomic E-state index is 11.7. The highest BCUT2D eigenvalue weighted by Gasteiger charge is 2.15. The van der Waals surface area contributed by atoms with Gasteiger partial charge < -0.3 is 10.1 Å². The van der Waals surface area contributed by atoms with Gasteiger partial charge in [-0.15, -0.1) is 0 Å². The second-order valence-electron chi connectivity index (χ2n) is 4.68. The lowest BCUT2D eigenvalue weighted by molar-refractivity contribution is -0.121. The van der Waals surface area contributed by atoms with Crippen molar-refractivity contribution in [2.75, 3.05) is 13.2 Å². The van der Waals surface area contributed by atoms with Crippen molar-refractivity contribution in [2.45, 2.75) is 25.4 Å². The minimum atomic E-state index is -0.127. The maximum atomic E-state index is 11.7. The lowest BCUT2D eigenvalue weighted by atomic mass is 10.1. The molecule has 3 N–H and O–H groups in total. The molecule has 0 aliphatic carbocycles. The Bertz CT molecular complexity index is 447. The van der Waals surface area contributed by atoms with Crippen LogP contribution in [-0.4, -0.2) is 30.3 Å². The van der Waals surface area contributed by atoms with E-state index in [2.05, 4.69) is 16.2 Å². The minimum Gasteiger partial charge on any atom is -0.376 e. The van der Waals surface area contributed by atoms with E-state index in [0.717, 1.165) is 25.0 Å². The molecule has 1 fully saturated rings. The second-order valence-corrected chi connectivity index (χ2v) is 5.09. The normalized spacial score (nSPS) is 17.5. The van der Waals surface area contributed by atoms with Crippen molar-refractivity contribution < 1.29 is 9.53 Å². The monoisotopic (exact) mass is 293 g/mol. The molecule has 0 saturated carbocycles. The summed E-state index contributed by atoms with van der Waals surface area (Å²) in [6.45, 7) is 1.49. The number of thiocarbonyl (C=S) groups is 1. The number of carbonyl (C=O) groups excluding carboxylic acids is 1. The minimum absolute atomic E-state index is 0.127. The van der Waals surface area contributed by atoms with E-state index in [4.69, 9.17) is 17.0 Å². The van der Waals surface area contributed by atoms with Gasteiger partial charge in [0.2, 0.25) is 5.91 Å². The first kappa shape index (κ1) is 14.7. The zero-order valence-electron chi connectivity index (χ0n) is 11.2. The smallest absolute Gasteiger partial charge is 0.242 e. The Hall–Kier alpha value is -1.66. The molecule has 1 aromatic rings. The largest absolute Gasteiger partial charge is 0.376 e. The molecule has 0 bridgehead atoms. The molecule has 1 amide bonds. The van der Waals surface area contributed by atoms with Crippen LogP contribution in [0.3, 0.4) is 0 Å². The lowest BCUT2D eigenvalue weighted by Gasteiger charge is -2.14. The SMILES string of the molecule is O=C(Cc1ccccc1)NNC(=S)NCC1CCCO1. The Labute approximate surface area is 124 Å². The quantitative estimate of drug-likeness (QED) is 0.569. The Balaban J connectivity index is 1.61. The predicted octanol–water partition coefficient (Wildman–Crippen LogP) is 0.903. The van der Waals surface area contributed by atoms with E-state index in [1.54, 1.807) is 0 Å². The number of ether oxygens (including phenoxy) is 1. The molecular weight excluding hydrogens is 274 g/mol. The molecule has 6 heteroatoms. The van der Waals surface area contributed by atoms with Crippen molar-refractivity contribution >= 4 is 23.2 Å². The molecule has 0 radical (unpaired) electrons. The number of rotatable bonds is 4. The molecule has 2 rings (SSSR count). The molecule has 1 heterocycles. The first-order valence-electron chi connectivity index (χ1n) is 6.72. The van der Waals surface area contributed by atoms with Crippen LogP contribution in [0.2, 0.25) is 0 Å². The zero-order chi connectivity index (χ0) is 14.2. The van der Waals surface area contributed by atoms with E-state index in [1.165, 1.54) is 0 Å². The van der Waals surface area contributed by atoms with Gasteiger partial charge in [0, 0.05) is 13.2 Å². The highest BCUT2D eigenvalue weighted by Crippen LogP contribution is 2.10. The summed E-state index contributed by atoms with van der Waals surface area (Å²) < 4.78 is 5.47. The van der Waals surface area contributed by atoms with E-state index >= 15 is 0 Å². The van der Waals surface area contributed by atoms with Crippen LogP contribution in [0.1, 0.15) is 18.4 Å². The first-order chi connectivity index (χ1) is 9.74. The van der Waals surface area contributed by atoms with E-state index in [-0.39, 0.29) is 12.0 Å². The zero-order valence-corrected chi connectivity index (χ0v) is 12.0. The number of hydrazine groups is 1. The van der Waals surface area contributed by atoms with Crippen molar-refractivity contribution in [1.29, 1.82) is 0 Å². The van der Waals surface area contributed by atoms with Crippen LogP contribution in [0.5, 0.6) is 0 Å². The Morgan fingerprint density at radius 2 is 2.10 bits per heavy atom. The van der Waals surface area contributed by atoms with Crippen LogP contribution < -0.4 is 16.2 Å². The van der Waals surface area contributed by atoms with Crippen LogP contribution in [0, 0.1) is 0 Å². The van der Waals surface area contributed by atoms with Gasteiger partial charge in [-0.3, -0.25) is 15.6 Å². The molecule has 1 aliphatic heterocycles. The highest BCUT2D eigenvalue weighted by atomic mass is 32.1. The van der Waals surface area contributed by atoms with Gasteiger partial charge in [0.1, 0.15) is 0 Å². The van der Waals surface area contributed by atoms with E-state index < -0.39 is 0 Å². The number of benzene rings is 1. The maximum Gasteiger partial charge on any atom is 0.242 e. The van der Waals surface area contributed by atoms with Crippen molar-refractivity contribution in [3.05, 3.63) is 35.9 Å². The number of hydrogen-bond donors (Lipinski definition) is 3. The van der Waals surface area contributed by atoms with Crippen molar-refractivity contribution in [2.24, 2.45) is 0 Å². The third-order valence-electron chi connectivity index (χ3n) is 3.04. The van der Waals surface area contributed by atoms with E-state index in [1.807, 2.05) is 30.3 Å². The number of amides is 1. The Morgan fingerprint density at radius 1 is 1.30 bits per heavy atom. The molecule has 1 aromatic carbocycles. The predicted molar refractivity (Wildman–Crippen MR) is 81.0 cm³/mol. The molecule has 1 atom stereocenters. The van der Waals surface area contributed by atoms with E-state index in [0.29, 0.717) is 18.1 Å². The number of hydrogen-bond acceptors (Lipinski definition) is 3. The van der Waals surface area contributed by atoms with Crippen LogP contribution in [-0.2, 0) is 16.0 Å². The first-order valence-corrected chi connectivity index (χ1v) is 7.13. The summed E-state index contributed by atoms with van der Waals surface area (Å²) in [5.41, 5.74) is 6.23. The Morgan fingerprint density at radius 3 is 2.80 bits per heavy atom. The summed E-state index contributed by atoms with van der Waals surface area (Å²) in [4.78, 5) is 11.7. The fourth-order valence-electron chi connectivity index (χ4n) is 2.01. The molecule has 1 unspecified atom stereocenters. The molecule has 5 nitrogen and oxygen atoms in total. The fourth-order valence-corrected chi connectivity index (χ4v) is 2.14. The summed E-state index contributed by atoms with van der Waals surface area (Å²) in [6, 6.07) is 9.55. The summed E-state index contributed by atoms with van der Waals surface area (Å²) in [6.07, 6.45) is 2.69. The average molecular weight is 293 g/mol. The molecule has 108 valence electrons. The molecule has 1 saturated heterocycles. The van der Waals surface area contributed by atoms with Gasteiger partial charge in [0.05, 0.1) is 12.5 Å². The van der Waals surface area contributed by atoms with Crippen molar-refractivity contribution in [3.8, 4) is 0 Å². The third-order valence-corrected chi connectivity index (χ3v) is 3.28. The van der Waals surface area contributed by atoms with Gasteiger partial charge in [0.25, 0.3) is 0 Å². The van der Waals surface area contributed by atoms with Gasteiger partial charge in [-0.2, -0.15) is 0 Å². The second kappa shape index (κ2) is 7.81. The standard InChI is InChI=1S/C14H19N3O2S/c18-13(9-11-5-2-1-3-6-11)16-17-14(20)15-10-12-7-4-8-19-12/h1-3,5-6,12H,4,7-10H2,(H,16,18)(H2,15,17,20). The van der Waals surface area contributed by atoms with Crippen LogP contribution >= 0.6 is 12.2 Å². The molecule has 1 aliphatic rings. The van der Waals surface area contributed by atoms with Crippen molar-refractivity contribution in [1.82, 2.24) is 16.2 Å². The Kier molecular flexibility index (Phi) is 5.76. The van der Waals surface area contributed by atoms with Crippen LogP contribution in [0.4, 0.5) is 0 Å². The van der Waals surface area contributed by atoms with Crippen LogP contribution in [0.15, 0.2) is 30.3 Å². The molecule has 20 heavy (non-hydrogen) atoms. The van der Waals surface area contributed by atoms with Crippen molar-refractivity contribution in [3.63, 3.8) is 0 Å². The molecule has 0 spiro atoms. The number of carbonyl (C=O) groups is 1. The lowest BCUT2D eigenvalue weighted by Crippen LogP contribution is -2.48. The molecular formula is C14H19N3O2S. The van der Waals surface area contributed by atoms with Gasteiger partial charge in [0.15, 0.2) is 5.11 Å². The highest BCUT2D eigenvalue weighted by molar-refractivity contribution is 7.80. The van der Waals surface area contributed by atoms with Gasteiger partial charge in [-0.05, 0) is 30.6 Å². The van der Waals surface area contributed by atoms with Crippen LogP contribution in [0.25, 0.3) is 0 Å². The van der Waals surface area contributed by atoms with Gasteiger partial charge >= 0.3 is 0 Å².